The van der Waals surface area contributed by atoms with Crippen LogP contribution in [0.3, 0.4) is 0 Å². The molecule has 0 aliphatic carbocycles. The molecule has 0 saturated carbocycles. The van der Waals surface area contributed by atoms with Crippen LogP contribution in [0.5, 0.6) is 0 Å². The lowest BCUT2D eigenvalue weighted by atomic mass is 10.2. The molecule has 1 amide bonds. The topological polar surface area (TPSA) is 133 Å². The largest absolute Gasteiger partial charge is 0.389 e. The zero-order chi connectivity index (χ0) is 16.3. The molecule has 0 spiro atoms. The first-order valence-corrected chi connectivity index (χ1v) is 6.09. The maximum absolute atomic E-state index is 11.9. The summed E-state index contributed by atoms with van der Waals surface area (Å²) in [6.45, 7) is 1.42. The maximum atomic E-state index is 11.9. The van der Waals surface area contributed by atoms with Gasteiger partial charge in [0.15, 0.2) is 0 Å². The number of benzene rings is 1. The lowest BCUT2D eigenvalue weighted by Gasteiger charge is -2.07. The van der Waals surface area contributed by atoms with E-state index >= 15 is 0 Å². The van der Waals surface area contributed by atoms with Crippen LogP contribution in [-0.4, -0.2) is 25.5 Å². The first-order valence-electron chi connectivity index (χ1n) is 6.09. The third kappa shape index (κ3) is 3.42. The zero-order valence-electron chi connectivity index (χ0n) is 11.4. The summed E-state index contributed by atoms with van der Waals surface area (Å²) >= 11 is 0. The number of nitro benzene ring substituents is 1. The quantitative estimate of drug-likeness (QED) is 0.659. The van der Waals surface area contributed by atoms with Crippen LogP contribution in [0.1, 0.15) is 5.56 Å². The number of anilines is 1. The summed E-state index contributed by atoms with van der Waals surface area (Å²) < 4.78 is 1.13. The van der Waals surface area contributed by atoms with Crippen molar-refractivity contribution in [3.05, 3.63) is 56.3 Å². The summed E-state index contributed by atoms with van der Waals surface area (Å²) in [5, 5.41) is 27.3. The number of aryl methyl sites for hydroxylation is 1. The van der Waals surface area contributed by atoms with Gasteiger partial charge >= 0.3 is 5.82 Å². The summed E-state index contributed by atoms with van der Waals surface area (Å²) in [4.78, 5) is 31.8. The Morgan fingerprint density at radius 1 is 1.27 bits per heavy atom. The van der Waals surface area contributed by atoms with E-state index in [4.69, 9.17) is 0 Å². The van der Waals surface area contributed by atoms with E-state index in [-0.39, 0.29) is 18.1 Å². The van der Waals surface area contributed by atoms with Crippen molar-refractivity contribution in [2.75, 3.05) is 5.32 Å². The van der Waals surface area contributed by atoms with Crippen LogP contribution < -0.4 is 5.32 Å². The fraction of sp³-hybridized carbons (Fsp3) is 0.167. The molecule has 0 aliphatic heterocycles. The molecular formula is C12H11N5O5. The second kappa shape index (κ2) is 5.99. The van der Waals surface area contributed by atoms with Crippen LogP contribution in [0.4, 0.5) is 17.2 Å². The summed E-state index contributed by atoms with van der Waals surface area (Å²) in [6, 6.07) is 5.23. The minimum absolute atomic E-state index is 0.0711. The number of hydrogen-bond donors (Lipinski definition) is 1. The van der Waals surface area contributed by atoms with E-state index in [0.29, 0.717) is 11.3 Å². The second-order valence-electron chi connectivity index (χ2n) is 4.43. The molecule has 114 valence electrons. The molecule has 10 heteroatoms. The molecule has 1 aromatic carbocycles. The Labute approximate surface area is 123 Å². The van der Waals surface area contributed by atoms with Crippen LogP contribution in [0, 0.1) is 27.2 Å². The number of aromatic nitrogens is 2. The molecule has 0 saturated heterocycles. The van der Waals surface area contributed by atoms with Crippen LogP contribution in [0.15, 0.2) is 30.5 Å². The Hall–Kier alpha value is -3.30. The Bertz CT molecular complexity index is 754. The van der Waals surface area contributed by atoms with Crippen molar-refractivity contribution in [2.24, 2.45) is 0 Å². The first kappa shape index (κ1) is 15.1. The smallest absolute Gasteiger partial charge is 0.358 e. The van der Waals surface area contributed by atoms with Gasteiger partial charge in [0.05, 0.1) is 22.3 Å². The van der Waals surface area contributed by atoms with Crippen LogP contribution in [0.2, 0.25) is 0 Å². The highest BCUT2D eigenvalue weighted by Gasteiger charge is 2.15. The van der Waals surface area contributed by atoms with E-state index in [9.17, 15) is 25.0 Å². The van der Waals surface area contributed by atoms with Gasteiger partial charge in [-0.05, 0) is 23.5 Å². The molecule has 1 heterocycles. The van der Waals surface area contributed by atoms with Gasteiger partial charge in [-0.2, -0.15) is 4.68 Å². The van der Waals surface area contributed by atoms with Gasteiger partial charge in [0, 0.05) is 17.8 Å². The number of nitrogens with zero attached hydrogens (tertiary/aromatic N) is 4. The van der Waals surface area contributed by atoms with Gasteiger partial charge in [-0.1, -0.05) is 0 Å². The summed E-state index contributed by atoms with van der Waals surface area (Å²) in [5.74, 6) is -0.797. The lowest BCUT2D eigenvalue weighted by molar-refractivity contribution is -0.389. The van der Waals surface area contributed by atoms with Gasteiger partial charge in [0.25, 0.3) is 5.69 Å². The van der Waals surface area contributed by atoms with E-state index in [1.807, 2.05) is 0 Å². The second-order valence-corrected chi connectivity index (χ2v) is 4.43. The van der Waals surface area contributed by atoms with Crippen LogP contribution >= 0.6 is 0 Å². The molecule has 0 fully saturated rings. The molecule has 10 nitrogen and oxygen atoms in total. The van der Waals surface area contributed by atoms with Crippen molar-refractivity contribution in [2.45, 2.75) is 13.5 Å². The third-order valence-electron chi connectivity index (χ3n) is 2.81. The number of carbonyl (C=O) groups is 1. The number of rotatable bonds is 5. The van der Waals surface area contributed by atoms with Crippen molar-refractivity contribution in [3.8, 4) is 0 Å². The molecule has 0 aliphatic rings. The molecule has 0 radical (unpaired) electrons. The molecule has 0 unspecified atom stereocenters. The Morgan fingerprint density at radius 2 is 2.00 bits per heavy atom. The van der Waals surface area contributed by atoms with Crippen molar-refractivity contribution >= 4 is 23.1 Å². The molecular weight excluding hydrogens is 294 g/mol. The van der Waals surface area contributed by atoms with E-state index < -0.39 is 15.8 Å². The maximum Gasteiger partial charge on any atom is 0.389 e. The predicted molar refractivity (Wildman–Crippen MR) is 75.3 cm³/mol. The van der Waals surface area contributed by atoms with E-state index in [0.717, 1.165) is 4.68 Å². The fourth-order valence-electron chi connectivity index (χ4n) is 1.77. The average Bonchev–Trinajstić information content (AvgIpc) is 2.89. The van der Waals surface area contributed by atoms with Gasteiger partial charge in [-0.15, -0.1) is 0 Å². The van der Waals surface area contributed by atoms with Gasteiger partial charge < -0.3 is 15.4 Å². The summed E-state index contributed by atoms with van der Waals surface area (Å²) in [6.07, 6.45) is 1.32. The Morgan fingerprint density at radius 3 is 2.55 bits per heavy atom. The molecule has 0 atom stereocenters. The van der Waals surface area contributed by atoms with Gasteiger partial charge in [0.1, 0.15) is 6.54 Å². The number of nitrogens with one attached hydrogen (secondary N) is 1. The summed E-state index contributed by atoms with van der Waals surface area (Å²) in [5.41, 5.74) is 0.893. The van der Waals surface area contributed by atoms with Crippen LogP contribution in [0.25, 0.3) is 0 Å². The SMILES string of the molecule is Cc1cc([N+](=O)[O-])ccc1NC(=O)Cn1ccc([N+](=O)[O-])n1. The Balaban J connectivity index is 2.05. The van der Waals surface area contributed by atoms with E-state index in [2.05, 4.69) is 10.4 Å². The van der Waals surface area contributed by atoms with E-state index in [1.165, 1.54) is 30.5 Å². The zero-order valence-corrected chi connectivity index (χ0v) is 11.4. The van der Waals surface area contributed by atoms with Gasteiger partial charge in [-0.25, -0.2) is 0 Å². The molecule has 1 aromatic heterocycles. The molecule has 0 bridgehead atoms. The highest BCUT2D eigenvalue weighted by molar-refractivity contribution is 5.91. The van der Waals surface area contributed by atoms with Crippen LogP contribution in [-0.2, 0) is 11.3 Å². The minimum atomic E-state index is -0.658. The number of non-ortho nitro benzene ring substituents is 1. The van der Waals surface area contributed by atoms with Gasteiger partial charge in [-0.3, -0.25) is 14.9 Å². The number of nitro groups is 2. The highest BCUT2D eigenvalue weighted by Crippen LogP contribution is 2.21. The minimum Gasteiger partial charge on any atom is -0.358 e. The number of amides is 1. The third-order valence-corrected chi connectivity index (χ3v) is 2.81. The number of hydrogen-bond acceptors (Lipinski definition) is 6. The normalized spacial score (nSPS) is 10.2. The van der Waals surface area contributed by atoms with Crippen molar-refractivity contribution < 1.29 is 14.6 Å². The lowest BCUT2D eigenvalue weighted by Crippen LogP contribution is -2.19. The average molecular weight is 305 g/mol. The Kier molecular flexibility index (Phi) is 4.11. The predicted octanol–water partition coefficient (Wildman–Crippen LogP) is 1.65. The fourth-order valence-corrected chi connectivity index (χ4v) is 1.77. The van der Waals surface area contributed by atoms with Crippen molar-refractivity contribution in [1.82, 2.24) is 9.78 Å². The monoisotopic (exact) mass is 305 g/mol. The summed E-state index contributed by atoms with van der Waals surface area (Å²) in [7, 11) is 0. The van der Waals surface area contributed by atoms with E-state index in [1.54, 1.807) is 6.92 Å². The van der Waals surface area contributed by atoms with Crippen molar-refractivity contribution in [3.63, 3.8) is 0 Å². The van der Waals surface area contributed by atoms with Gasteiger partial charge in [0.2, 0.25) is 5.91 Å². The highest BCUT2D eigenvalue weighted by atomic mass is 16.6. The molecule has 2 aromatic rings. The molecule has 1 N–H and O–H groups in total. The van der Waals surface area contributed by atoms with Crippen molar-refractivity contribution in [1.29, 1.82) is 0 Å². The molecule has 22 heavy (non-hydrogen) atoms. The molecule has 2 rings (SSSR count). The standard InChI is InChI=1S/C12H11N5O5/c1-8-6-9(16(19)20)2-3-10(8)13-12(18)7-15-5-4-11(14-15)17(21)22/h2-6H,7H2,1H3,(H,13,18). The number of carbonyl (C=O) groups excluding carboxylic acids is 1. The first-order chi connectivity index (χ1) is 10.4.